The van der Waals surface area contributed by atoms with Crippen molar-refractivity contribution < 1.29 is 4.79 Å². The number of para-hydroxylation sites is 2. The Balaban J connectivity index is 1.50. The smallest absolute Gasteiger partial charge is 0.257 e. The molecule has 0 radical (unpaired) electrons. The lowest BCUT2D eigenvalue weighted by Crippen LogP contribution is -2.13. The highest BCUT2D eigenvalue weighted by molar-refractivity contribution is 7.98. The number of fused-ring (bicyclic) bond motifs is 1. The van der Waals surface area contributed by atoms with Gasteiger partial charge >= 0.3 is 0 Å². The maximum Gasteiger partial charge on any atom is 0.257 e. The van der Waals surface area contributed by atoms with Crippen molar-refractivity contribution in [2.45, 2.75) is 17.8 Å². The van der Waals surface area contributed by atoms with Gasteiger partial charge in [0.1, 0.15) is 0 Å². The van der Waals surface area contributed by atoms with Crippen LogP contribution in [0.4, 0.5) is 5.13 Å². The maximum absolute atomic E-state index is 12.6. The lowest BCUT2D eigenvalue weighted by Gasteiger charge is -2.08. The minimum absolute atomic E-state index is 0.139. The van der Waals surface area contributed by atoms with E-state index < -0.39 is 0 Å². The molecule has 0 bridgehead atoms. The van der Waals surface area contributed by atoms with E-state index in [0.717, 1.165) is 26.6 Å². The van der Waals surface area contributed by atoms with Crippen molar-refractivity contribution in [1.29, 1.82) is 0 Å². The van der Waals surface area contributed by atoms with Crippen molar-refractivity contribution >= 4 is 45.2 Å². The third-order valence-electron chi connectivity index (χ3n) is 3.84. The van der Waals surface area contributed by atoms with Crippen molar-refractivity contribution in [3.8, 4) is 0 Å². The number of hydrogen-bond acceptors (Lipinski definition) is 5. The Morgan fingerprint density at radius 2 is 2.00 bits per heavy atom. The van der Waals surface area contributed by atoms with Crippen LogP contribution >= 0.6 is 23.1 Å². The molecule has 0 spiro atoms. The van der Waals surface area contributed by atoms with Crippen molar-refractivity contribution in [2.75, 3.05) is 5.32 Å². The number of rotatable bonds is 5. The molecule has 4 aromatic rings. The highest BCUT2D eigenvalue weighted by Gasteiger charge is 2.13. The van der Waals surface area contributed by atoms with Crippen LogP contribution in [0.3, 0.4) is 0 Å². The predicted octanol–water partition coefficient (Wildman–Crippen LogP) is 4.87. The molecule has 4 rings (SSSR count). The predicted molar refractivity (Wildman–Crippen MR) is 107 cm³/mol. The first-order valence-corrected chi connectivity index (χ1v) is 9.88. The summed E-state index contributed by atoms with van der Waals surface area (Å²) < 4.78 is 0. The SMILES string of the molecule is Cc1cnc(NC(=O)c2ccccc2CSc2nc3ccccc3[nH]2)s1. The number of aromatic nitrogens is 3. The Morgan fingerprint density at radius 1 is 1.19 bits per heavy atom. The highest BCUT2D eigenvalue weighted by Crippen LogP contribution is 2.25. The zero-order chi connectivity index (χ0) is 17.9. The first-order valence-electron chi connectivity index (χ1n) is 8.08. The third-order valence-corrected chi connectivity index (χ3v) is 5.59. The number of thiazole rings is 1. The molecule has 0 aliphatic rings. The zero-order valence-corrected chi connectivity index (χ0v) is 15.7. The number of hydrogen-bond donors (Lipinski definition) is 2. The van der Waals surface area contributed by atoms with E-state index in [2.05, 4.69) is 20.3 Å². The molecule has 2 aromatic carbocycles. The van der Waals surface area contributed by atoms with E-state index in [4.69, 9.17) is 0 Å². The van der Waals surface area contributed by atoms with Gasteiger partial charge in [-0.3, -0.25) is 10.1 Å². The van der Waals surface area contributed by atoms with Crippen LogP contribution in [-0.4, -0.2) is 20.9 Å². The standard InChI is InChI=1S/C19H16N4OS2/c1-12-10-20-18(26-12)23-17(24)14-7-3-2-6-13(14)11-25-19-21-15-8-4-5-9-16(15)22-19/h2-10H,11H2,1H3,(H,21,22)(H,20,23,24). The van der Waals surface area contributed by atoms with Crippen LogP contribution in [0.25, 0.3) is 11.0 Å². The molecule has 5 nitrogen and oxygen atoms in total. The molecule has 2 aromatic heterocycles. The molecular formula is C19H16N4OS2. The quantitative estimate of drug-likeness (QED) is 0.485. The normalized spacial score (nSPS) is 11.0. The summed E-state index contributed by atoms with van der Waals surface area (Å²) in [4.78, 5) is 25.7. The van der Waals surface area contributed by atoms with E-state index in [1.165, 1.54) is 11.3 Å². The van der Waals surface area contributed by atoms with Crippen LogP contribution in [0, 0.1) is 6.92 Å². The summed E-state index contributed by atoms with van der Waals surface area (Å²) in [6, 6.07) is 15.6. The monoisotopic (exact) mass is 380 g/mol. The average molecular weight is 380 g/mol. The molecule has 0 fully saturated rings. The number of anilines is 1. The molecule has 0 unspecified atom stereocenters. The minimum Gasteiger partial charge on any atom is -0.333 e. The molecule has 2 N–H and O–H groups in total. The minimum atomic E-state index is -0.139. The first kappa shape index (κ1) is 16.8. The van der Waals surface area contributed by atoms with Gasteiger partial charge in [0.25, 0.3) is 5.91 Å². The second kappa shape index (κ2) is 7.31. The molecule has 0 saturated heterocycles. The lowest BCUT2D eigenvalue weighted by molar-refractivity contribution is 0.102. The van der Waals surface area contributed by atoms with Gasteiger partial charge in [0.2, 0.25) is 0 Å². The van der Waals surface area contributed by atoms with Gasteiger partial charge in [0.15, 0.2) is 10.3 Å². The Kier molecular flexibility index (Phi) is 4.73. The molecule has 2 heterocycles. The summed E-state index contributed by atoms with van der Waals surface area (Å²) in [5, 5.41) is 4.34. The molecule has 1 amide bonds. The first-order chi connectivity index (χ1) is 12.7. The van der Waals surface area contributed by atoms with E-state index >= 15 is 0 Å². The number of imidazole rings is 1. The van der Waals surface area contributed by atoms with Crippen molar-refractivity contribution in [1.82, 2.24) is 15.0 Å². The van der Waals surface area contributed by atoms with Crippen molar-refractivity contribution in [3.63, 3.8) is 0 Å². The molecular weight excluding hydrogens is 364 g/mol. The van der Waals surface area contributed by atoms with Gasteiger partial charge in [-0.2, -0.15) is 0 Å². The van der Waals surface area contributed by atoms with E-state index in [0.29, 0.717) is 16.4 Å². The molecule has 0 saturated carbocycles. The summed E-state index contributed by atoms with van der Waals surface area (Å²) in [6.07, 6.45) is 1.75. The van der Waals surface area contributed by atoms with Gasteiger partial charge in [0, 0.05) is 22.4 Å². The Morgan fingerprint density at radius 3 is 2.81 bits per heavy atom. The van der Waals surface area contributed by atoms with E-state index in [1.807, 2.05) is 55.5 Å². The van der Waals surface area contributed by atoms with Gasteiger partial charge in [0.05, 0.1) is 11.0 Å². The second-order valence-corrected chi connectivity index (χ2v) is 7.93. The molecule has 0 aliphatic carbocycles. The third kappa shape index (κ3) is 3.63. The number of carbonyl (C=O) groups is 1. The van der Waals surface area contributed by atoms with Crippen LogP contribution in [-0.2, 0) is 5.75 Å². The number of thioether (sulfide) groups is 1. The fraction of sp³-hybridized carbons (Fsp3) is 0.105. The largest absolute Gasteiger partial charge is 0.333 e. The molecule has 0 aliphatic heterocycles. The summed E-state index contributed by atoms with van der Waals surface area (Å²) in [6.45, 7) is 1.96. The number of aromatic amines is 1. The van der Waals surface area contributed by atoms with E-state index in [9.17, 15) is 4.79 Å². The fourth-order valence-electron chi connectivity index (χ4n) is 2.59. The van der Waals surface area contributed by atoms with Crippen LogP contribution in [0.1, 0.15) is 20.8 Å². The summed E-state index contributed by atoms with van der Waals surface area (Å²) in [5.41, 5.74) is 3.58. The molecule has 130 valence electrons. The Bertz CT molecular complexity index is 1040. The number of nitrogens with zero attached hydrogens (tertiary/aromatic N) is 2. The average Bonchev–Trinajstić information content (AvgIpc) is 3.25. The molecule has 7 heteroatoms. The molecule has 0 atom stereocenters. The molecule has 26 heavy (non-hydrogen) atoms. The summed E-state index contributed by atoms with van der Waals surface area (Å²) in [7, 11) is 0. The number of amides is 1. The van der Waals surface area contributed by atoms with Gasteiger partial charge in [-0.15, -0.1) is 11.3 Å². The van der Waals surface area contributed by atoms with Crippen LogP contribution in [0.15, 0.2) is 59.9 Å². The summed E-state index contributed by atoms with van der Waals surface area (Å²) in [5.74, 6) is 0.514. The van der Waals surface area contributed by atoms with Gasteiger partial charge in [-0.05, 0) is 30.7 Å². The van der Waals surface area contributed by atoms with Gasteiger partial charge < -0.3 is 4.98 Å². The Hall–Kier alpha value is -2.64. The fourth-order valence-corrected chi connectivity index (χ4v) is 4.14. The summed E-state index contributed by atoms with van der Waals surface area (Å²) >= 11 is 3.05. The number of nitrogens with one attached hydrogen (secondary N) is 2. The number of carbonyl (C=O) groups excluding carboxylic acids is 1. The van der Waals surface area contributed by atoms with Crippen LogP contribution in [0.5, 0.6) is 0 Å². The van der Waals surface area contributed by atoms with E-state index in [-0.39, 0.29) is 5.91 Å². The maximum atomic E-state index is 12.6. The topological polar surface area (TPSA) is 70.7 Å². The van der Waals surface area contributed by atoms with Crippen molar-refractivity contribution in [2.24, 2.45) is 0 Å². The zero-order valence-electron chi connectivity index (χ0n) is 14.0. The number of aryl methyl sites for hydroxylation is 1. The Labute approximate surface area is 158 Å². The van der Waals surface area contributed by atoms with Crippen LogP contribution < -0.4 is 5.32 Å². The van der Waals surface area contributed by atoms with Crippen molar-refractivity contribution in [3.05, 3.63) is 70.7 Å². The number of H-pyrrole nitrogens is 1. The van der Waals surface area contributed by atoms with Gasteiger partial charge in [-0.25, -0.2) is 9.97 Å². The van der Waals surface area contributed by atoms with Crippen LogP contribution in [0.2, 0.25) is 0 Å². The number of benzene rings is 2. The van der Waals surface area contributed by atoms with Gasteiger partial charge in [-0.1, -0.05) is 42.1 Å². The second-order valence-electron chi connectivity index (χ2n) is 5.74. The lowest BCUT2D eigenvalue weighted by atomic mass is 10.1. The van der Waals surface area contributed by atoms with E-state index in [1.54, 1.807) is 18.0 Å². The highest BCUT2D eigenvalue weighted by atomic mass is 32.2.